The van der Waals surface area contributed by atoms with E-state index in [2.05, 4.69) is 5.32 Å². The van der Waals surface area contributed by atoms with Crippen molar-refractivity contribution in [2.75, 3.05) is 20.3 Å². The molecule has 1 N–H and O–H groups in total. The lowest BCUT2D eigenvalue weighted by Gasteiger charge is -2.39. The molecule has 40 heavy (non-hydrogen) atoms. The first-order valence-electron chi connectivity index (χ1n) is 12.8. The number of rotatable bonds is 8. The molecule has 1 aliphatic carbocycles. The number of ketones is 1. The quantitative estimate of drug-likeness (QED) is 0.203. The maximum atomic E-state index is 14.3. The molecule has 1 heterocycles. The van der Waals surface area contributed by atoms with Crippen LogP contribution in [0.15, 0.2) is 65.0 Å². The van der Waals surface area contributed by atoms with E-state index in [-0.39, 0.29) is 41.5 Å². The zero-order valence-electron chi connectivity index (χ0n) is 22.5. The molecule has 4 rings (SSSR count). The Morgan fingerprint density at radius 3 is 2.33 bits per heavy atom. The van der Waals surface area contributed by atoms with E-state index >= 15 is 0 Å². The van der Waals surface area contributed by atoms with Gasteiger partial charge in [-0.2, -0.15) is 0 Å². The summed E-state index contributed by atoms with van der Waals surface area (Å²) in [6.07, 6.45) is 0.247. The van der Waals surface area contributed by atoms with Gasteiger partial charge >= 0.3 is 11.9 Å². The highest BCUT2D eigenvalue weighted by Gasteiger charge is 2.49. The van der Waals surface area contributed by atoms with E-state index in [1.165, 1.54) is 18.2 Å². The Morgan fingerprint density at radius 1 is 1.07 bits per heavy atom. The van der Waals surface area contributed by atoms with Crippen LogP contribution in [-0.4, -0.2) is 43.0 Å². The Kier molecular flexibility index (Phi) is 8.58. The van der Waals surface area contributed by atoms with Crippen molar-refractivity contribution in [3.05, 3.63) is 91.3 Å². The Bertz CT molecular complexity index is 1430. The molecule has 0 aromatic heterocycles. The van der Waals surface area contributed by atoms with Crippen LogP contribution in [0.3, 0.4) is 0 Å². The molecule has 3 unspecified atom stereocenters. The fourth-order valence-electron chi connectivity index (χ4n) is 5.36. The second-order valence-electron chi connectivity index (χ2n) is 9.36. The van der Waals surface area contributed by atoms with Gasteiger partial charge in [-0.3, -0.25) is 19.7 Å². The largest absolute Gasteiger partial charge is 0.497 e. The second kappa shape index (κ2) is 11.9. The highest BCUT2D eigenvalue weighted by Crippen LogP contribution is 2.49. The van der Waals surface area contributed by atoms with Gasteiger partial charge in [0.25, 0.3) is 5.69 Å². The van der Waals surface area contributed by atoms with Crippen LogP contribution in [-0.2, 0) is 23.9 Å². The molecule has 0 saturated carbocycles. The molecule has 2 aromatic carbocycles. The van der Waals surface area contributed by atoms with Gasteiger partial charge in [-0.1, -0.05) is 29.8 Å². The number of methoxy groups -OCH3 is 1. The third kappa shape index (κ3) is 5.31. The first-order chi connectivity index (χ1) is 19.1. The number of dihydropyridines is 1. The number of carbonyl (C=O) groups is 3. The molecule has 0 spiro atoms. The maximum Gasteiger partial charge on any atom is 0.336 e. The highest BCUT2D eigenvalue weighted by molar-refractivity contribution is 6.32. The van der Waals surface area contributed by atoms with Crippen molar-refractivity contribution in [2.45, 2.75) is 39.0 Å². The molecule has 0 saturated heterocycles. The normalized spacial score (nSPS) is 20.4. The zero-order chi connectivity index (χ0) is 29.1. The predicted molar refractivity (Wildman–Crippen MR) is 146 cm³/mol. The van der Waals surface area contributed by atoms with Crippen LogP contribution >= 0.6 is 11.6 Å². The minimum Gasteiger partial charge on any atom is -0.497 e. The number of benzene rings is 2. The highest BCUT2D eigenvalue weighted by atomic mass is 35.5. The summed E-state index contributed by atoms with van der Waals surface area (Å²) >= 11 is 6.07. The van der Waals surface area contributed by atoms with Crippen LogP contribution in [0.5, 0.6) is 5.75 Å². The van der Waals surface area contributed by atoms with E-state index in [9.17, 15) is 24.5 Å². The van der Waals surface area contributed by atoms with Gasteiger partial charge in [0.15, 0.2) is 5.78 Å². The molecule has 0 fully saturated rings. The summed E-state index contributed by atoms with van der Waals surface area (Å²) in [4.78, 5) is 51.9. The summed E-state index contributed by atoms with van der Waals surface area (Å²) in [6.45, 7) is 5.13. The SMILES string of the molecule is CCOC(=O)C1=C(C)NC2=C(C(=O)C(C(=O)OCC)C(c3ccc(OC)cc3)C2)C1c1ccc(Cl)c([N+](=O)[O-])c1. The van der Waals surface area contributed by atoms with Crippen molar-refractivity contribution in [1.82, 2.24) is 5.32 Å². The summed E-state index contributed by atoms with van der Waals surface area (Å²) in [5.41, 5.74) is 1.89. The number of nitrogens with zero attached hydrogens (tertiary/aromatic N) is 1. The van der Waals surface area contributed by atoms with Crippen LogP contribution < -0.4 is 10.1 Å². The Balaban J connectivity index is 1.93. The molecule has 10 nitrogen and oxygen atoms in total. The molecule has 210 valence electrons. The molecule has 11 heteroatoms. The average molecular weight is 569 g/mol. The summed E-state index contributed by atoms with van der Waals surface area (Å²) in [5.74, 6) is -4.10. The van der Waals surface area contributed by atoms with Gasteiger partial charge in [0.2, 0.25) is 0 Å². The molecular formula is C29H29ClN2O8. The molecule has 0 radical (unpaired) electrons. The van der Waals surface area contributed by atoms with E-state index in [0.29, 0.717) is 22.7 Å². The Morgan fingerprint density at radius 2 is 1.73 bits per heavy atom. The number of nitro benzene ring substituents is 1. The van der Waals surface area contributed by atoms with Crippen LogP contribution in [0.25, 0.3) is 0 Å². The summed E-state index contributed by atoms with van der Waals surface area (Å²) in [7, 11) is 1.54. The smallest absolute Gasteiger partial charge is 0.336 e. The van der Waals surface area contributed by atoms with Crippen molar-refractivity contribution < 1.29 is 33.5 Å². The number of carbonyl (C=O) groups excluding carboxylic acids is 3. The molecular weight excluding hydrogens is 540 g/mol. The van der Waals surface area contributed by atoms with Crippen LogP contribution in [0.4, 0.5) is 5.69 Å². The minimum absolute atomic E-state index is 0.0714. The number of ether oxygens (including phenoxy) is 3. The van der Waals surface area contributed by atoms with Crippen molar-refractivity contribution in [2.24, 2.45) is 5.92 Å². The summed E-state index contributed by atoms with van der Waals surface area (Å²) < 4.78 is 15.9. The fourth-order valence-corrected chi connectivity index (χ4v) is 5.55. The molecule has 2 aromatic rings. The lowest BCUT2D eigenvalue weighted by Crippen LogP contribution is -2.43. The molecule has 3 atom stereocenters. The number of Topliss-reactive ketones (excluding diaryl/α,β-unsaturated/α-hetero) is 1. The van der Waals surface area contributed by atoms with Gasteiger partial charge in [0, 0.05) is 34.9 Å². The fraction of sp³-hybridized carbons (Fsp3) is 0.345. The minimum atomic E-state index is -1.21. The van der Waals surface area contributed by atoms with Gasteiger partial charge in [0.1, 0.15) is 16.7 Å². The standard InChI is InChI=1S/C29H29ClN2O8/c1-5-39-28(34)23-15(3)31-21-14-19(16-7-10-18(38-4)11-8-16)25(29(35)40-6-2)27(33)26(21)24(23)17-9-12-20(30)22(13-17)32(36)37/h7-13,19,24-25,31H,5-6,14H2,1-4H3. The number of hydrogen-bond donors (Lipinski definition) is 1. The number of hydrogen-bond acceptors (Lipinski definition) is 9. The van der Waals surface area contributed by atoms with Gasteiger partial charge in [-0.25, -0.2) is 4.79 Å². The third-order valence-electron chi connectivity index (χ3n) is 7.10. The van der Waals surface area contributed by atoms with Crippen molar-refractivity contribution in [1.29, 1.82) is 0 Å². The summed E-state index contributed by atoms with van der Waals surface area (Å²) in [6, 6.07) is 11.2. The molecule has 1 aliphatic heterocycles. The first kappa shape index (κ1) is 28.8. The monoisotopic (exact) mass is 568 g/mol. The van der Waals surface area contributed by atoms with E-state index in [1.54, 1.807) is 52.1 Å². The topological polar surface area (TPSA) is 134 Å². The molecule has 0 bridgehead atoms. The average Bonchev–Trinajstić information content (AvgIpc) is 2.92. The van der Waals surface area contributed by atoms with Gasteiger partial charge in [-0.15, -0.1) is 0 Å². The zero-order valence-corrected chi connectivity index (χ0v) is 23.2. The van der Waals surface area contributed by atoms with Crippen molar-refractivity contribution in [3.8, 4) is 5.75 Å². The maximum absolute atomic E-state index is 14.3. The lowest BCUT2D eigenvalue weighted by atomic mass is 9.67. The number of esters is 2. The number of allylic oxidation sites excluding steroid dienone is 3. The van der Waals surface area contributed by atoms with Gasteiger partial charge in [-0.05, 0) is 56.5 Å². The van der Waals surface area contributed by atoms with E-state index in [0.717, 1.165) is 5.56 Å². The van der Waals surface area contributed by atoms with Gasteiger partial charge in [0.05, 0.1) is 30.8 Å². The Labute approximate surface area is 236 Å². The van der Waals surface area contributed by atoms with Crippen LogP contribution in [0.1, 0.15) is 50.2 Å². The van der Waals surface area contributed by atoms with Crippen molar-refractivity contribution >= 4 is 35.0 Å². The summed E-state index contributed by atoms with van der Waals surface area (Å²) in [5, 5.41) is 14.8. The second-order valence-corrected chi connectivity index (χ2v) is 9.76. The van der Waals surface area contributed by atoms with Crippen molar-refractivity contribution in [3.63, 3.8) is 0 Å². The van der Waals surface area contributed by atoms with Crippen LogP contribution in [0.2, 0.25) is 5.02 Å². The number of nitrogens with one attached hydrogen (secondary N) is 1. The van der Waals surface area contributed by atoms with E-state index < -0.39 is 40.4 Å². The molecule has 2 aliphatic rings. The Hall–Kier alpha value is -4.18. The molecule has 0 amide bonds. The predicted octanol–water partition coefficient (Wildman–Crippen LogP) is 4.97. The van der Waals surface area contributed by atoms with E-state index in [4.69, 9.17) is 25.8 Å². The van der Waals surface area contributed by atoms with E-state index in [1.807, 2.05) is 0 Å². The lowest BCUT2D eigenvalue weighted by molar-refractivity contribution is -0.384. The number of nitro groups is 1. The first-order valence-corrected chi connectivity index (χ1v) is 13.2. The van der Waals surface area contributed by atoms with Gasteiger partial charge < -0.3 is 19.5 Å². The number of halogens is 1. The van der Waals surface area contributed by atoms with Crippen LogP contribution in [0, 0.1) is 16.0 Å². The third-order valence-corrected chi connectivity index (χ3v) is 7.42.